The highest BCUT2D eigenvalue weighted by Gasteiger charge is 2.33. The second kappa shape index (κ2) is 11.6. The van der Waals surface area contributed by atoms with Crippen molar-refractivity contribution in [2.45, 2.75) is 64.6 Å². The fourth-order valence-corrected chi connectivity index (χ4v) is 4.59. The second-order valence-electron chi connectivity index (χ2n) is 9.53. The number of amides is 2. The molecule has 1 atom stereocenters. The average molecular weight is 513 g/mol. The molecule has 1 aromatic heterocycles. The first kappa shape index (κ1) is 25.8. The van der Waals surface area contributed by atoms with E-state index in [4.69, 9.17) is 11.6 Å². The predicted octanol–water partition coefficient (Wildman–Crippen LogP) is 4.64. The SMILES string of the molecule is CC(C)C[C@H](C(=O)NC1CCCC1)N(C(=O)Cn1nnc(-c2ccc(F)cc2)n1)c1ccc(Cl)cc1. The monoisotopic (exact) mass is 512 g/mol. The number of halogens is 2. The van der Waals surface area contributed by atoms with Crippen LogP contribution in [-0.4, -0.2) is 44.1 Å². The first-order valence-electron chi connectivity index (χ1n) is 12.2. The molecule has 0 radical (unpaired) electrons. The van der Waals surface area contributed by atoms with Crippen molar-refractivity contribution in [3.05, 3.63) is 59.4 Å². The van der Waals surface area contributed by atoms with Gasteiger partial charge in [0.05, 0.1) is 0 Å². The number of hydrogen-bond donors (Lipinski definition) is 1. The summed E-state index contributed by atoms with van der Waals surface area (Å²) < 4.78 is 13.3. The molecule has 2 aromatic carbocycles. The average Bonchev–Trinajstić information content (AvgIpc) is 3.52. The van der Waals surface area contributed by atoms with Crippen LogP contribution in [0.3, 0.4) is 0 Å². The van der Waals surface area contributed by atoms with E-state index in [1.165, 1.54) is 21.8 Å². The maximum atomic E-state index is 13.7. The maximum Gasteiger partial charge on any atom is 0.251 e. The van der Waals surface area contributed by atoms with E-state index in [2.05, 4.69) is 20.7 Å². The van der Waals surface area contributed by atoms with Gasteiger partial charge in [-0.3, -0.25) is 14.5 Å². The van der Waals surface area contributed by atoms with Crippen LogP contribution in [0.15, 0.2) is 48.5 Å². The number of carbonyl (C=O) groups is 2. The van der Waals surface area contributed by atoms with Crippen molar-refractivity contribution in [1.82, 2.24) is 25.5 Å². The number of anilines is 1. The standard InChI is InChI=1S/C26H30ClFN6O2/c1-17(2)15-23(26(36)29-21-5-3-4-6-21)34(22-13-9-19(27)10-14-22)24(35)16-33-31-25(30-32-33)18-7-11-20(28)12-8-18/h7-14,17,21,23H,3-6,15-16H2,1-2H3,(H,29,36)/t23-/m1/s1. The number of hydrogen-bond acceptors (Lipinski definition) is 5. The van der Waals surface area contributed by atoms with E-state index in [-0.39, 0.29) is 42.0 Å². The Bertz CT molecular complexity index is 1180. The van der Waals surface area contributed by atoms with Crippen LogP contribution in [0.5, 0.6) is 0 Å². The van der Waals surface area contributed by atoms with Crippen molar-refractivity contribution in [3.8, 4) is 11.4 Å². The Hall–Kier alpha value is -3.33. The highest BCUT2D eigenvalue weighted by molar-refractivity contribution is 6.30. The molecule has 0 saturated heterocycles. The van der Waals surface area contributed by atoms with Crippen LogP contribution >= 0.6 is 11.6 Å². The van der Waals surface area contributed by atoms with Crippen LogP contribution in [0.25, 0.3) is 11.4 Å². The Kier molecular flexibility index (Phi) is 8.30. The van der Waals surface area contributed by atoms with E-state index in [1.54, 1.807) is 36.4 Å². The van der Waals surface area contributed by atoms with Gasteiger partial charge in [-0.2, -0.15) is 4.80 Å². The van der Waals surface area contributed by atoms with Gasteiger partial charge in [0.25, 0.3) is 5.91 Å². The fraction of sp³-hybridized carbons (Fsp3) is 0.423. The first-order chi connectivity index (χ1) is 17.3. The van der Waals surface area contributed by atoms with E-state index in [1.807, 2.05) is 13.8 Å². The molecule has 1 heterocycles. The van der Waals surface area contributed by atoms with E-state index in [0.29, 0.717) is 22.7 Å². The molecular formula is C26H30ClFN6O2. The Balaban J connectivity index is 1.61. The molecular weight excluding hydrogens is 483 g/mol. The molecule has 1 N–H and O–H groups in total. The summed E-state index contributed by atoms with van der Waals surface area (Å²) in [4.78, 5) is 29.9. The maximum absolute atomic E-state index is 13.7. The van der Waals surface area contributed by atoms with Crippen molar-refractivity contribution >= 4 is 29.1 Å². The topological polar surface area (TPSA) is 93.0 Å². The van der Waals surface area contributed by atoms with Gasteiger partial charge in [0.2, 0.25) is 11.7 Å². The Labute approximate surface area is 214 Å². The van der Waals surface area contributed by atoms with Crippen molar-refractivity contribution in [2.75, 3.05) is 4.90 Å². The van der Waals surface area contributed by atoms with E-state index >= 15 is 0 Å². The van der Waals surface area contributed by atoms with Gasteiger partial charge >= 0.3 is 0 Å². The first-order valence-corrected chi connectivity index (χ1v) is 12.6. The molecule has 10 heteroatoms. The van der Waals surface area contributed by atoms with Crippen LogP contribution in [0.2, 0.25) is 5.02 Å². The molecule has 0 bridgehead atoms. The number of aromatic nitrogens is 4. The van der Waals surface area contributed by atoms with Crippen molar-refractivity contribution in [3.63, 3.8) is 0 Å². The smallest absolute Gasteiger partial charge is 0.251 e. The molecule has 8 nitrogen and oxygen atoms in total. The third-order valence-electron chi connectivity index (χ3n) is 6.22. The summed E-state index contributed by atoms with van der Waals surface area (Å²) in [6, 6.07) is 12.0. The van der Waals surface area contributed by atoms with Crippen LogP contribution in [0.1, 0.15) is 46.0 Å². The zero-order chi connectivity index (χ0) is 25.7. The summed E-state index contributed by atoms with van der Waals surface area (Å²) in [5.41, 5.74) is 1.15. The van der Waals surface area contributed by atoms with E-state index in [0.717, 1.165) is 25.7 Å². The predicted molar refractivity (Wildman–Crippen MR) is 136 cm³/mol. The molecule has 3 aromatic rings. The number of tetrazole rings is 1. The van der Waals surface area contributed by atoms with E-state index < -0.39 is 6.04 Å². The van der Waals surface area contributed by atoms with Gasteiger partial charge in [-0.1, -0.05) is 38.3 Å². The van der Waals surface area contributed by atoms with Gasteiger partial charge in [0.15, 0.2) is 0 Å². The van der Waals surface area contributed by atoms with Gasteiger partial charge in [0, 0.05) is 22.3 Å². The van der Waals surface area contributed by atoms with Gasteiger partial charge in [-0.15, -0.1) is 10.2 Å². The summed E-state index contributed by atoms with van der Waals surface area (Å²) >= 11 is 6.10. The van der Waals surface area contributed by atoms with Crippen LogP contribution in [-0.2, 0) is 16.1 Å². The van der Waals surface area contributed by atoms with Gasteiger partial charge in [-0.05, 0) is 78.9 Å². The lowest BCUT2D eigenvalue weighted by molar-refractivity contribution is -0.127. The highest BCUT2D eigenvalue weighted by Crippen LogP contribution is 2.25. The zero-order valence-electron chi connectivity index (χ0n) is 20.4. The zero-order valence-corrected chi connectivity index (χ0v) is 21.2. The molecule has 1 fully saturated rings. The summed E-state index contributed by atoms with van der Waals surface area (Å²) in [6.45, 7) is 3.82. The lowest BCUT2D eigenvalue weighted by Crippen LogP contribution is -2.53. The Morgan fingerprint density at radius 1 is 1.11 bits per heavy atom. The summed E-state index contributed by atoms with van der Waals surface area (Å²) in [5, 5.41) is 16.0. The fourth-order valence-electron chi connectivity index (χ4n) is 4.47. The molecule has 0 spiro atoms. The lowest BCUT2D eigenvalue weighted by Gasteiger charge is -2.33. The third kappa shape index (κ3) is 6.46. The Morgan fingerprint density at radius 2 is 1.78 bits per heavy atom. The lowest BCUT2D eigenvalue weighted by atomic mass is 10.00. The summed E-state index contributed by atoms with van der Waals surface area (Å²) in [7, 11) is 0. The van der Waals surface area contributed by atoms with Crippen LogP contribution in [0.4, 0.5) is 10.1 Å². The molecule has 4 rings (SSSR count). The Morgan fingerprint density at radius 3 is 2.42 bits per heavy atom. The number of carbonyl (C=O) groups excluding carboxylic acids is 2. The van der Waals surface area contributed by atoms with Crippen LogP contribution < -0.4 is 10.2 Å². The van der Waals surface area contributed by atoms with Crippen molar-refractivity contribution in [1.29, 1.82) is 0 Å². The number of nitrogens with one attached hydrogen (secondary N) is 1. The van der Waals surface area contributed by atoms with E-state index in [9.17, 15) is 14.0 Å². The number of nitrogens with zero attached hydrogens (tertiary/aromatic N) is 5. The summed E-state index contributed by atoms with van der Waals surface area (Å²) in [6.07, 6.45) is 4.56. The third-order valence-corrected chi connectivity index (χ3v) is 6.47. The second-order valence-corrected chi connectivity index (χ2v) is 9.96. The van der Waals surface area contributed by atoms with Gasteiger partial charge in [-0.25, -0.2) is 4.39 Å². The largest absolute Gasteiger partial charge is 0.352 e. The number of benzene rings is 2. The minimum atomic E-state index is -0.709. The molecule has 1 aliphatic rings. The molecule has 36 heavy (non-hydrogen) atoms. The minimum absolute atomic E-state index is 0.129. The number of rotatable bonds is 9. The van der Waals surface area contributed by atoms with Crippen molar-refractivity contribution < 1.29 is 14.0 Å². The van der Waals surface area contributed by atoms with Gasteiger partial charge in [0.1, 0.15) is 18.4 Å². The molecule has 2 amide bonds. The van der Waals surface area contributed by atoms with Crippen LogP contribution in [0, 0.1) is 11.7 Å². The highest BCUT2D eigenvalue weighted by atomic mass is 35.5. The normalized spacial score (nSPS) is 14.7. The minimum Gasteiger partial charge on any atom is -0.352 e. The molecule has 0 unspecified atom stereocenters. The van der Waals surface area contributed by atoms with Crippen molar-refractivity contribution in [2.24, 2.45) is 5.92 Å². The molecule has 1 saturated carbocycles. The molecule has 0 aliphatic heterocycles. The molecule has 190 valence electrons. The quantitative estimate of drug-likeness (QED) is 0.451. The molecule has 1 aliphatic carbocycles. The van der Waals surface area contributed by atoms with Gasteiger partial charge < -0.3 is 5.32 Å². The summed E-state index contributed by atoms with van der Waals surface area (Å²) in [5.74, 6) is -0.447.